The molecule has 2 atom stereocenters. The van der Waals surface area contributed by atoms with Crippen molar-refractivity contribution in [2.75, 3.05) is 14.7 Å². The number of rotatable bonds is 7. The van der Waals surface area contributed by atoms with Gasteiger partial charge in [-0.15, -0.1) is 0 Å². The van der Waals surface area contributed by atoms with Gasteiger partial charge in [0.2, 0.25) is 0 Å². The zero-order chi connectivity index (χ0) is 57.7. The van der Waals surface area contributed by atoms with E-state index in [0.29, 0.717) is 0 Å². The van der Waals surface area contributed by atoms with Gasteiger partial charge in [0.15, 0.2) is 11.2 Å². The molecule has 3 heterocycles. The first-order valence-corrected chi connectivity index (χ1v) is 30.1. The van der Waals surface area contributed by atoms with E-state index in [2.05, 4.69) is 305 Å². The standard InChI is InChI=1S/C81H61N3O2/c1-48-40-42-67(52(5)44-48)83(71-38-20-32-61-59-30-18-22-50(3)77(59)85-79(61)71)73-46-65-75(57-28-12-10-26-55(57)73)76-58-29-13-11-27-56(58)74(84(68-43-41-49(2)45-53(68)6)72-39-21-33-62-60-31-19-23-51(4)78(60)86-80(62)72)47-66(76)81(65)63-34-14-16-36-69(63)82(54-24-8-7-9-25-54)70-37-17-15-35-64(70)81/h7-47,65,75H,1-6H3. The molecule has 1 aliphatic heterocycles. The Hall–Kier alpha value is -10.4. The Morgan fingerprint density at radius 2 is 0.849 bits per heavy atom. The molecule has 0 radical (unpaired) electrons. The van der Waals surface area contributed by atoms with Crippen LogP contribution in [0.2, 0.25) is 0 Å². The van der Waals surface area contributed by atoms with Crippen molar-refractivity contribution in [3.05, 3.63) is 315 Å². The molecule has 2 aliphatic carbocycles. The molecule has 5 nitrogen and oxygen atoms in total. The van der Waals surface area contributed by atoms with Gasteiger partial charge in [0, 0.05) is 61.4 Å². The third-order valence-electron chi connectivity index (χ3n) is 19.3. The highest BCUT2D eigenvalue weighted by Gasteiger charge is 2.60. The summed E-state index contributed by atoms with van der Waals surface area (Å²) in [6, 6.07) is 90.9. The Morgan fingerprint density at radius 1 is 0.360 bits per heavy atom. The topological polar surface area (TPSA) is 36.0 Å². The Bertz CT molecular complexity index is 5150. The van der Waals surface area contributed by atoms with Gasteiger partial charge in [0.25, 0.3) is 0 Å². The molecule has 0 bridgehead atoms. The number of hydrogen-bond acceptors (Lipinski definition) is 5. The fraction of sp³-hybridized carbons (Fsp3) is 0.111. The van der Waals surface area contributed by atoms with Crippen molar-refractivity contribution in [2.24, 2.45) is 5.92 Å². The van der Waals surface area contributed by atoms with E-state index in [9.17, 15) is 0 Å². The summed E-state index contributed by atoms with van der Waals surface area (Å²) in [6.45, 7) is 13.2. The minimum absolute atomic E-state index is 0.0877. The van der Waals surface area contributed by atoms with Gasteiger partial charge in [-0.3, -0.25) is 0 Å². The van der Waals surface area contributed by atoms with Crippen molar-refractivity contribution in [1.29, 1.82) is 0 Å². The number of furan rings is 2. The van der Waals surface area contributed by atoms with Crippen LogP contribution < -0.4 is 14.7 Å². The van der Waals surface area contributed by atoms with Crippen LogP contribution in [-0.4, -0.2) is 0 Å². The zero-order valence-corrected chi connectivity index (χ0v) is 49.0. The third-order valence-corrected chi connectivity index (χ3v) is 19.3. The quantitative estimate of drug-likeness (QED) is 0.159. The second-order valence-corrected chi connectivity index (χ2v) is 24.2. The Morgan fingerprint density at radius 3 is 1.45 bits per heavy atom. The highest BCUT2D eigenvalue weighted by molar-refractivity contribution is 6.15. The summed E-state index contributed by atoms with van der Waals surface area (Å²) in [6.07, 6.45) is 2.69. The third kappa shape index (κ3) is 7.00. The molecule has 0 saturated heterocycles. The predicted octanol–water partition coefficient (Wildman–Crippen LogP) is 22.0. The van der Waals surface area contributed by atoms with Gasteiger partial charge in [-0.2, -0.15) is 0 Å². The van der Waals surface area contributed by atoms with Gasteiger partial charge in [-0.25, -0.2) is 0 Å². The molecule has 17 rings (SSSR count). The van der Waals surface area contributed by atoms with Crippen molar-refractivity contribution in [3.8, 4) is 0 Å². The van der Waals surface area contributed by atoms with E-state index < -0.39 is 5.41 Å². The van der Waals surface area contributed by atoms with E-state index >= 15 is 0 Å². The van der Waals surface area contributed by atoms with Crippen molar-refractivity contribution in [2.45, 2.75) is 52.9 Å². The molecule has 3 aliphatic rings. The van der Waals surface area contributed by atoms with E-state index in [4.69, 9.17) is 8.83 Å². The van der Waals surface area contributed by atoms with E-state index in [1.807, 2.05) is 0 Å². The SMILES string of the molecule is Cc1ccc(N(C2=CC3C(c4ccccc42)c2c(cc(N(c4ccc(C)cc4C)c4cccc5c4oc4c(C)cccc45)c4ccccc24)C32c3ccccc3N(c3ccccc3)c3ccccc32)c2cccc3c2oc2c(C)cccc23)c(C)c1. The first-order chi connectivity index (χ1) is 42.2. The minimum Gasteiger partial charge on any atom is -0.454 e. The van der Waals surface area contributed by atoms with Crippen molar-refractivity contribution >= 4 is 106 Å². The van der Waals surface area contributed by atoms with Gasteiger partial charge in [0.1, 0.15) is 11.2 Å². The molecule has 2 unspecified atom stereocenters. The normalized spacial score (nSPS) is 15.5. The highest BCUT2D eigenvalue weighted by Crippen LogP contribution is 2.70. The smallest absolute Gasteiger partial charge is 0.159 e. The number of nitrogens with zero attached hydrogens (tertiary/aromatic N) is 3. The molecule has 14 aromatic rings. The summed E-state index contributed by atoms with van der Waals surface area (Å²) < 4.78 is 14.4. The van der Waals surface area contributed by atoms with Crippen LogP contribution in [0.5, 0.6) is 0 Å². The van der Waals surface area contributed by atoms with E-state index in [1.165, 1.54) is 66.4 Å². The minimum atomic E-state index is -0.775. The molecule has 12 aromatic carbocycles. The van der Waals surface area contributed by atoms with Crippen LogP contribution in [0.3, 0.4) is 0 Å². The lowest BCUT2D eigenvalue weighted by Crippen LogP contribution is -2.41. The van der Waals surface area contributed by atoms with Gasteiger partial charge in [-0.1, -0.05) is 205 Å². The molecule has 2 aromatic heterocycles. The van der Waals surface area contributed by atoms with Gasteiger partial charge >= 0.3 is 0 Å². The summed E-state index contributed by atoms with van der Waals surface area (Å²) >= 11 is 0. The number of aryl methyl sites for hydroxylation is 6. The highest BCUT2D eigenvalue weighted by atomic mass is 16.3. The molecule has 86 heavy (non-hydrogen) atoms. The van der Waals surface area contributed by atoms with Crippen molar-refractivity contribution < 1.29 is 8.83 Å². The molecule has 0 N–H and O–H groups in total. The van der Waals surface area contributed by atoms with Gasteiger partial charge in [-0.05, 0) is 152 Å². The van der Waals surface area contributed by atoms with Crippen LogP contribution >= 0.6 is 0 Å². The van der Waals surface area contributed by atoms with E-state index in [-0.39, 0.29) is 11.8 Å². The number of para-hydroxylation sites is 7. The Balaban J connectivity index is 1.03. The fourth-order valence-corrected chi connectivity index (χ4v) is 15.8. The van der Waals surface area contributed by atoms with Crippen molar-refractivity contribution in [3.63, 3.8) is 0 Å². The Kier molecular flexibility index (Phi) is 11.0. The molecule has 0 amide bonds. The van der Waals surface area contributed by atoms with E-state index in [1.54, 1.807) is 0 Å². The first-order valence-electron chi connectivity index (χ1n) is 30.1. The van der Waals surface area contributed by atoms with Crippen LogP contribution in [0.25, 0.3) is 60.3 Å². The van der Waals surface area contributed by atoms with Crippen LogP contribution in [0, 0.1) is 47.5 Å². The predicted molar refractivity (Wildman–Crippen MR) is 357 cm³/mol. The molecular weight excluding hydrogens is 1050 g/mol. The lowest BCUT2D eigenvalue weighted by atomic mass is 9.59. The number of hydrogen-bond donors (Lipinski definition) is 0. The second kappa shape index (κ2) is 18.8. The van der Waals surface area contributed by atoms with E-state index in [0.717, 1.165) is 106 Å². The van der Waals surface area contributed by atoms with Gasteiger partial charge in [0.05, 0.1) is 39.5 Å². The van der Waals surface area contributed by atoms with Crippen LogP contribution in [0.1, 0.15) is 72.7 Å². The number of benzene rings is 12. The maximum absolute atomic E-state index is 7.19. The second-order valence-electron chi connectivity index (χ2n) is 24.2. The molecular formula is C81H61N3O2. The average Bonchev–Trinajstić information content (AvgIpc) is 1.46. The van der Waals surface area contributed by atoms with Crippen LogP contribution in [0.15, 0.2) is 258 Å². The fourth-order valence-electron chi connectivity index (χ4n) is 15.8. The molecule has 0 fully saturated rings. The monoisotopic (exact) mass is 1110 g/mol. The molecule has 5 heteroatoms. The van der Waals surface area contributed by atoms with Crippen LogP contribution in [0.4, 0.5) is 45.5 Å². The lowest BCUT2D eigenvalue weighted by molar-refractivity contribution is 0.447. The zero-order valence-electron chi connectivity index (χ0n) is 49.0. The summed E-state index contributed by atoms with van der Waals surface area (Å²) in [5.74, 6) is -0.252. The molecule has 412 valence electrons. The molecule has 0 saturated carbocycles. The largest absolute Gasteiger partial charge is 0.454 e. The maximum Gasteiger partial charge on any atom is 0.159 e. The lowest BCUT2D eigenvalue weighted by Gasteiger charge is -2.49. The van der Waals surface area contributed by atoms with Gasteiger partial charge < -0.3 is 23.5 Å². The summed E-state index contributed by atoms with van der Waals surface area (Å²) in [5.41, 5.74) is 27.3. The average molecular weight is 1110 g/mol. The number of fused-ring (bicyclic) bond motifs is 19. The van der Waals surface area contributed by atoms with Crippen molar-refractivity contribution in [1.82, 2.24) is 0 Å². The Labute approximate surface area is 500 Å². The summed E-state index contributed by atoms with van der Waals surface area (Å²) in [5, 5.41) is 6.83. The summed E-state index contributed by atoms with van der Waals surface area (Å²) in [7, 11) is 0. The summed E-state index contributed by atoms with van der Waals surface area (Å²) in [4.78, 5) is 7.57. The van der Waals surface area contributed by atoms with Crippen LogP contribution in [-0.2, 0) is 5.41 Å². The first kappa shape index (κ1) is 50.2. The maximum atomic E-state index is 7.19. The number of anilines is 8. The molecule has 1 spiro atoms. The number of allylic oxidation sites excluding steroid dienone is 1.